The van der Waals surface area contributed by atoms with Gasteiger partial charge in [0.15, 0.2) is 6.29 Å². The number of carbonyl (C=O) groups is 2. The van der Waals surface area contributed by atoms with Crippen molar-refractivity contribution in [3.63, 3.8) is 0 Å². The molecule has 0 heterocycles. The first-order valence-electron chi connectivity index (χ1n) is 11.6. The van der Waals surface area contributed by atoms with Gasteiger partial charge in [0.2, 0.25) is 24.2 Å². The Balaban J connectivity index is 0.000000960. The molecule has 1 rings (SSSR count). The first-order chi connectivity index (χ1) is 15.7. The number of carbonyl (C=O) groups excluding carboxylic acids is 2. The minimum absolute atomic E-state index is 0.0353. The van der Waals surface area contributed by atoms with E-state index in [1.807, 2.05) is 13.8 Å². The summed E-state index contributed by atoms with van der Waals surface area (Å²) in [5.41, 5.74) is 0. The molecule has 0 bridgehead atoms. The predicted molar refractivity (Wildman–Crippen MR) is 123 cm³/mol. The molecule has 0 aromatic carbocycles. The van der Waals surface area contributed by atoms with E-state index < -0.39 is 16.5 Å². The van der Waals surface area contributed by atoms with Crippen LogP contribution in [0.3, 0.4) is 0 Å². The molecule has 33 heavy (non-hydrogen) atoms. The molecule has 12 heteroatoms. The highest BCUT2D eigenvalue weighted by Crippen LogP contribution is 2.25. The monoisotopic (exact) mass is 495 g/mol. The van der Waals surface area contributed by atoms with Gasteiger partial charge in [-0.25, -0.2) is 0 Å². The van der Waals surface area contributed by atoms with E-state index in [1.54, 1.807) is 4.90 Å². The van der Waals surface area contributed by atoms with Crippen molar-refractivity contribution in [2.24, 2.45) is 5.92 Å². The summed E-state index contributed by atoms with van der Waals surface area (Å²) in [7, 11) is 0. The molecule has 0 N–H and O–H groups in total. The van der Waals surface area contributed by atoms with Crippen LogP contribution in [0.4, 0.5) is 0 Å². The Morgan fingerprint density at radius 1 is 0.970 bits per heavy atom. The van der Waals surface area contributed by atoms with Gasteiger partial charge in [-0.05, 0) is 44.2 Å². The fraction of sp³-hybridized carbons (Fsp3) is 0.905. The van der Waals surface area contributed by atoms with Crippen LogP contribution in [0.25, 0.3) is 0 Å². The number of halogens is 1. The summed E-state index contributed by atoms with van der Waals surface area (Å²) in [4.78, 5) is 43.5. The fourth-order valence-electron chi connectivity index (χ4n) is 3.53. The van der Waals surface area contributed by atoms with Crippen LogP contribution in [-0.4, -0.2) is 71.6 Å². The predicted octanol–water partition coefficient (Wildman–Crippen LogP) is 3.66. The van der Waals surface area contributed by atoms with Crippen LogP contribution in [0.1, 0.15) is 71.6 Å². The average molecular weight is 496 g/mol. The van der Waals surface area contributed by atoms with Crippen LogP contribution < -0.4 is 0 Å². The van der Waals surface area contributed by atoms with Gasteiger partial charge in [-0.1, -0.05) is 19.3 Å². The quantitative estimate of drug-likeness (QED) is 0.136. The molecule has 0 aromatic rings. The highest BCUT2D eigenvalue weighted by Gasteiger charge is 2.24. The average Bonchev–Trinajstić information content (AvgIpc) is 2.74. The van der Waals surface area contributed by atoms with E-state index >= 15 is 0 Å². The smallest absolute Gasteiger partial charge is 0.223 e. The second kappa shape index (κ2) is 19.6. The number of rotatable bonds is 16. The van der Waals surface area contributed by atoms with Crippen molar-refractivity contribution in [1.29, 1.82) is 0 Å². The zero-order valence-electron chi connectivity index (χ0n) is 19.7. The molecule has 0 unspecified atom stereocenters. The fourth-order valence-corrected chi connectivity index (χ4v) is 3.66. The first-order valence-corrected chi connectivity index (χ1v) is 12.0. The van der Waals surface area contributed by atoms with Crippen molar-refractivity contribution in [1.82, 2.24) is 4.90 Å². The highest BCUT2D eigenvalue weighted by molar-refractivity contribution is 6.63. The molecule has 1 fully saturated rings. The van der Waals surface area contributed by atoms with Gasteiger partial charge >= 0.3 is 0 Å². The summed E-state index contributed by atoms with van der Waals surface area (Å²) >= 11 is 4.90. The van der Waals surface area contributed by atoms with E-state index in [4.69, 9.17) is 21.1 Å². The molecule has 0 aromatic heterocycles. The number of nitro groups is 2. The van der Waals surface area contributed by atoms with Crippen molar-refractivity contribution < 1.29 is 28.9 Å². The Morgan fingerprint density at radius 2 is 1.48 bits per heavy atom. The largest absolute Gasteiger partial charge is 0.351 e. The SMILES string of the molecule is CCOC(CN(CC1CCCCC1)C(=O)CCC[N+](=O)[O-])OCC.O=C(Cl)CCC[N+](=O)[O-]. The number of amides is 1. The van der Waals surface area contributed by atoms with Gasteiger partial charge in [0.25, 0.3) is 0 Å². The minimum Gasteiger partial charge on any atom is -0.351 e. The maximum Gasteiger partial charge on any atom is 0.223 e. The molecule has 1 aliphatic rings. The molecular weight excluding hydrogens is 458 g/mol. The van der Waals surface area contributed by atoms with Crippen LogP contribution in [0.15, 0.2) is 0 Å². The van der Waals surface area contributed by atoms with E-state index in [-0.39, 0.29) is 49.6 Å². The van der Waals surface area contributed by atoms with Crippen molar-refractivity contribution >= 4 is 22.8 Å². The molecule has 11 nitrogen and oxygen atoms in total. The number of ether oxygens (including phenoxy) is 2. The Kier molecular flexibility index (Phi) is 18.5. The Labute approximate surface area is 200 Å². The van der Waals surface area contributed by atoms with Crippen LogP contribution in [0.2, 0.25) is 0 Å². The summed E-state index contributed by atoms with van der Waals surface area (Å²) in [6.45, 7) is 5.60. The number of hydrogen-bond acceptors (Lipinski definition) is 8. The summed E-state index contributed by atoms with van der Waals surface area (Å²) < 4.78 is 11.1. The van der Waals surface area contributed by atoms with E-state index in [1.165, 1.54) is 19.3 Å². The van der Waals surface area contributed by atoms with E-state index in [2.05, 4.69) is 0 Å². The maximum atomic E-state index is 12.5. The summed E-state index contributed by atoms with van der Waals surface area (Å²) in [5.74, 6) is 0.481. The molecule has 0 aliphatic heterocycles. The summed E-state index contributed by atoms with van der Waals surface area (Å²) in [5, 5.41) is 19.6. The lowest BCUT2D eigenvalue weighted by molar-refractivity contribution is -0.480. The molecule has 0 saturated heterocycles. The van der Waals surface area contributed by atoms with E-state index in [0.717, 1.165) is 12.8 Å². The second-order valence-electron chi connectivity index (χ2n) is 7.82. The zero-order chi connectivity index (χ0) is 25.1. The molecule has 0 radical (unpaired) electrons. The lowest BCUT2D eigenvalue weighted by Crippen LogP contribution is -2.42. The highest BCUT2D eigenvalue weighted by atomic mass is 35.5. The van der Waals surface area contributed by atoms with E-state index in [9.17, 15) is 29.8 Å². The van der Waals surface area contributed by atoms with Gasteiger partial charge in [0.05, 0.1) is 6.54 Å². The Hall–Kier alpha value is -1.85. The standard InChI is InChI=1S/C17H32N2O5.C4H6ClNO3/c1-3-23-17(24-4-2)14-18(13-15-9-6-5-7-10-15)16(20)11-8-12-19(21)22;5-4(7)2-1-3-6(8)9/h15,17H,3-14H2,1-2H3;1-3H2. The van der Waals surface area contributed by atoms with E-state index in [0.29, 0.717) is 32.2 Å². The van der Waals surface area contributed by atoms with Crippen molar-refractivity contribution in [3.05, 3.63) is 20.2 Å². The molecule has 1 saturated carbocycles. The third kappa shape index (κ3) is 18.3. The Morgan fingerprint density at radius 3 is 1.94 bits per heavy atom. The first kappa shape index (κ1) is 31.1. The van der Waals surface area contributed by atoms with Crippen molar-refractivity contribution in [2.75, 3.05) is 39.4 Å². The van der Waals surface area contributed by atoms with Gasteiger partial charge in [0.1, 0.15) is 0 Å². The van der Waals surface area contributed by atoms with Crippen LogP contribution >= 0.6 is 11.6 Å². The third-order valence-corrected chi connectivity index (χ3v) is 5.26. The van der Waals surface area contributed by atoms with Gasteiger partial charge in [-0.3, -0.25) is 29.8 Å². The van der Waals surface area contributed by atoms with Crippen LogP contribution in [0.5, 0.6) is 0 Å². The second-order valence-corrected chi connectivity index (χ2v) is 8.24. The topological polar surface area (TPSA) is 142 Å². The van der Waals surface area contributed by atoms with Crippen molar-refractivity contribution in [3.8, 4) is 0 Å². The maximum absolute atomic E-state index is 12.5. The van der Waals surface area contributed by atoms with Crippen LogP contribution in [-0.2, 0) is 19.1 Å². The zero-order valence-corrected chi connectivity index (χ0v) is 20.5. The van der Waals surface area contributed by atoms with Gasteiger partial charge < -0.3 is 14.4 Å². The number of hydrogen-bond donors (Lipinski definition) is 0. The van der Waals surface area contributed by atoms with Gasteiger partial charge in [-0.15, -0.1) is 0 Å². The lowest BCUT2D eigenvalue weighted by atomic mass is 9.89. The molecule has 1 aliphatic carbocycles. The van der Waals surface area contributed by atoms with Gasteiger partial charge in [-0.2, -0.15) is 0 Å². The molecular formula is C21H38ClN3O8. The summed E-state index contributed by atoms with van der Waals surface area (Å²) in [6, 6.07) is 0. The number of nitrogens with zero attached hydrogens (tertiary/aromatic N) is 3. The van der Waals surface area contributed by atoms with Crippen molar-refractivity contribution in [2.45, 2.75) is 77.9 Å². The Bertz CT molecular complexity index is 568. The third-order valence-electron chi connectivity index (χ3n) is 5.08. The minimum atomic E-state index is -0.517. The molecule has 0 spiro atoms. The normalized spacial score (nSPS) is 13.8. The molecule has 192 valence electrons. The molecule has 0 atom stereocenters. The van der Waals surface area contributed by atoms with Crippen LogP contribution in [0, 0.1) is 26.1 Å². The lowest BCUT2D eigenvalue weighted by Gasteiger charge is -2.32. The van der Waals surface area contributed by atoms with Gasteiger partial charge in [0, 0.05) is 55.3 Å². The summed E-state index contributed by atoms with van der Waals surface area (Å²) in [6.07, 6.45) is 6.37. The molecule has 1 amide bonds.